The third kappa shape index (κ3) is 3.41. The Morgan fingerprint density at radius 2 is 2.04 bits per heavy atom. The summed E-state index contributed by atoms with van der Waals surface area (Å²) >= 11 is 0. The second kappa shape index (κ2) is 5.99. The zero-order valence-corrected chi connectivity index (χ0v) is 14.0. The highest BCUT2D eigenvalue weighted by Gasteiger charge is 2.35. The highest BCUT2D eigenvalue weighted by molar-refractivity contribution is 5.88. The summed E-state index contributed by atoms with van der Waals surface area (Å²) in [4.78, 5) is 26.0. The van der Waals surface area contributed by atoms with Gasteiger partial charge in [0.2, 0.25) is 5.91 Å². The molecule has 1 amide bonds. The summed E-state index contributed by atoms with van der Waals surface area (Å²) in [6, 6.07) is 5.27. The maximum absolute atomic E-state index is 12.9. The van der Waals surface area contributed by atoms with Crippen LogP contribution < -0.4 is 0 Å². The fourth-order valence-corrected chi connectivity index (χ4v) is 4.05. The minimum Gasteiger partial charge on any atom is -0.478 e. The van der Waals surface area contributed by atoms with Crippen LogP contribution in [0.3, 0.4) is 0 Å². The fraction of sp³-hybridized carbons (Fsp3) is 0.579. The number of amides is 1. The number of hydrogen-bond donors (Lipinski definition) is 1. The lowest BCUT2D eigenvalue weighted by atomic mass is 9.72. The first-order chi connectivity index (χ1) is 10.9. The van der Waals surface area contributed by atoms with Gasteiger partial charge in [0, 0.05) is 19.0 Å². The molecule has 1 atom stereocenters. The molecule has 23 heavy (non-hydrogen) atoms. The summed E-state index contributed by atoms with van der Waals surface area (Å²) < 4.78 is 0. The number of carbonyl (C=O) groups excluding carboxylic acids is 1. The molecule has 1 saturated carbocycles. The van der Waals surface area contributed by atoms with Crippen molar-refractivity contribution in [2.45, 2.75) is 52.5 Å². The van der Waals surface area contributed by atoms with Crippen molar-refractivity contribution in [1.82, 2.24) is 4.90 Å². The lowest BCUT2D eigenvalue weighted by Crippen LogP contribution is -2.42. The van der Waals surface area contributed by atoms with Crippen molar-refractivity contribution in [3.05, 3.63) is 34.9 Å². The SMILES string of the molecule is CC1(C)CCCC(C(=O)N2CCc3ccc(C(=O)O)cc3C2)C1. The van der Waals surface area contributed by atoms with Crippen molar-refractivity contribution >= 4 is 11.9 Å². The quantitative estimate of drug-likeness (QED) is 0.909. The smallest absolute Gasteiger partial charge is 0.335 e. The Hall–Kier alpha value is -1.84. The predicted octanol–water partition coefficient (Wildman–Crippen LogP) is 3.49. The topological polar surface area (TPSA) is 57.6 Å². The van der Waals surface area contributed by atoms with Gasteiger partial charge < -0.3 is 10.0 Å². The minimum absolute atomic E-state index is 0.128. The molecule has 0 spiro atoms. The summed E-state index contributed by atoms with van der Waals surface area (Å²) in [6.45, 7) is 5.79. The second-order valence-electron chi connectivity index (χ2n) is 7.76. The average Bonchev–Trinajstić information content (AvgIpc) is 2.52. The summed E-state index contributed by atoms with van der Waals surface area (Å²) in [5.41, 5.74) is 2.71. The molecule has 0 radical (unpaired) electrons. The molecule has 1 N–H and O–H groups in total. The Labute approximate surface area is 137 Å². The molecular weight excluding hydrogens is 290 g/mol. The maximum atomic E-state index is 12.9. The van der Waals surface area contributed by atoms with Crippen LogP contribution in [0, 0.1) is 11.3 Å². The van der Waals surface area contributed by atoms with E-state index in [9.17, 15) is 9.59 Å². The van der Waals surface area contributed by atoms with Gasteiger partial charge in [0.15, 0.2) is 0 Å². The van der Waals surface area contributed by atoms with Gasteiger partial charge in [-0.1, -0.05) is 26.3 Å². The van der Waals surface area contributed by atoms with Gasteiger partial charge in [-0.3, -0.25) is 4.79 Å². The van der Waals surface area contributed by atoms with Gasteiger partial charge >= 0.3 is 5.97 Å². The molecule has 0 saturated heterocycles. The lowest BCUT2D eigenvalue weighted by Gasteiger charge is -2.38. The molecule has 1 unspecified atom stereocenters. The van der Waals surface area contributed by atoms with E-state index in [-0.39, 0.29) is 17.2 Å². The van der Waals surface area contributed by atoms with Crippen LogP contribution in [0.2, 0.25) is 0 Å². The largest absolute Gasteiger partial charge is 0.478 e. The Morgan fingerprint density at radius 3 is 2.74 bits per heavy atom. The van der Waals surface area contributed by atoms with Crippen LogP contribution >= 0.6 is 0 Å². The first kappa shape index (κ1) is 16.0. The number of carboxylic acid groups (broad SMARTS) is 1. The van der Waals surface area contributed by atoms with Crippen molar-refractivity contribution in [2.75, 3.05) is 6.54 Å². The second-order valence-corrected chi connectivity index (χ2v) is 7.76. The van der Waals surface area contributed by atoms with Crippen LogP contribution in [0.15, 0.2) is 18.2 Å². The lowest BCUT2D eigenvalue weighted by molar-refractivity contribution is -0.138. The molecule has 0 bridgehead atoms. The Bertz CT molecular complexity index is 636. The summed E-state index contributed by atoms with van der Waals surface area (Å²) in [6.07, 6.45) is 5.08. The summed E-state index contributed by atoms with van der Waals surface area (Å²) in [5.74, 6) is -0.530. The number of hydrogen-bond acceptors (Lipinski definition) is 2. The average molecular weight is 315 g/mol. The first-order valence-corrected chi connectivity index (χ1v) is 8.50. The van der Waals surface area contributed by atoms with Crippen LogP contribution in [-0.2, 0) is 17.8 Å². The van der Waals surface area contributed by atoms with E-state index >= 15 is 0 Å². The van der Waals surface area contributed by atoms with Gasteiger partial charge in [-0.25, -0.2) is 4.79 Å². The van der Waals surface area contributed by atoms with Crippen molar-refractivity contribution in [1.29, 1.82) is 0 Å². The molecule has 124 valence electrons. The number of carbonyl (C=O) groups is 2. The zero-order valence-electron chi connectivity index (χ0n) is 14.0. The molecule has 4 heteroatoms. The number of nitrogens with zero attached hydrogens (tertiary/aromatic N) is 1. The standard InChI is InChI=1S/C19H25NO3/c1-19(2)8-3-4-15(11-19)17(21)20-9-7-13-5-6-14(18(22)23)10-16(13)12-20/h5-6,10,15H,3-4,7-9,11-12H2,1-2H3,(H,22,23). The van der Waals surface area contributed by atoms with E-state index in [1.807, 2.05) is 11.0 Å². The van der Waals surface area contributed by atoms with Gasteiger partial charge in [0.25, 0.3) is 0 Å². The minimum atomic E-state index is -0.912. The van der Waals surface area contributed by atoms with Crippen molar-refractivity contribution in [2.24, 2.45) is 11.3 Å². The van der Waals surface area contributed by atoms with E-state index in [1.54, 1.807) is 12.1 Å². The van der Waals surface area contributed by atoms with Crippen molar-refractivity contribution < 1.29 is 14.7 Å². The molecule has 4 nitrogen and oxygen atoms in total. The Kier molecular flexibility index (Phi) is 4.17. The van der Waals surface area contributed by atoms with Gasteiger partial charge in [-0.2, -0.15) is 0 Å². The Balaban J connectivity index is 1.74. The molecule has 1 heterocycles. The van der Waals surface area contributed by atoms with Crippen LogP contribution in [0.1, 0.15) is 61.0 Å². The van der Waals surface area contributed by atoms with Gasteiger partial charge in [-0.05, 0) is 54.4 Å². The van der Waals surface area contributed by atoms with Crippen LogP contribution in [0.4, 0.5) is 0 Å². The van der Waals surface area contributed by atoms with Crippen molar-refractivity contribution in [3.63, 3.8) is 0 Å². The number of rotatable bonds is 2. The van der Waals surface area contributed by atoms with Crippen LogP contribution in [0.25, 0.3) is 0 Å². The van der Waals surface area contributed by atoms with Crippen molar-refractivity contribution in [3.8, 4) is 0 Å². The van der Waals surface area contributed by atoms with E-state index in [0.717, 1.165) is 37.8 Å². The molecule has 2 aliphatic rings. The number of aromatic carboxylic acids is 1. The Morgan fingerprint density at radius 1 is 1.26 bits per heavy atom. The third-order valence-corrected chi connectivity index (χ3v) is 5.33. The van der Waals surface area contributed by atoms with E-state index in [1.165, 1.54) is 12.0 Å². The molecule has 1 aliphatic heterocycles. The van der Waals surface area contributed by atoms with E-state index < -0.39 is 5.97 Å². The maximum Gasteiger partial charge on any atom is 0.335 e. The molecule has 1 fully saturated rings. The predicted molar refractivity (Wildman–Crippen MR) is 88.3 cm³/mol. The fourth-order valence-electron chi connectivity index (χ4n) is 4.05. The van der Waals surface area contributed by atoms with Gasteiger partial charge in [-0.15, -0.1) is 0 Å². The first-order valence-electron chi connectivity index (χ1n) is 8.50. The molecular formula is C19H25NO3. The summed E-state index contributed by atoms with van der Waals surface area (Å²) in [5, 5.41) is 9.14. The van der Waals surface area contributed by atoms with E-state index in [4.69, 9.17) is 5.11 Å². The molecule has 1 aliphatic carbocycles. The van der Waals surface area contributed by atoms with Crippen LogP contribution in [-0.4, -0.2) is 28.4 Å². The highest BCUT2D eigenvalue weighted by atomic mass is 16.4. The molecule has 1 aromatic rings. The number of benzene rings is 1. The van der Waals surface area contributed by atoms with E-state index in [2.05, 4.69) is 13.8 Å². The number of fused-ring (bicyclic) bond motifs is 1. The van der Waals surface area contributed by atoms with Gasteiger partial charge in [0.1, 0.15) is 0 Å². The molecule has 1 aromatic carbocycles. The van der Waals surface area contributed by atoms with Crippen LogP contribution in [0.5, 0.6) is 0 Å². The zero-order chi connectivity index (χ0) is 16.6. The molecule has 3 rings (SSSR count). The third-order valence-electron chi connectivity index (χ3n) is 5.33. The summed E-state index contributed by atoms with van der Waals surface area (Å²) in [7, 11) is 0. The highest BCUT2D eigenvalue weighted by Crippen LogP contribution is 2.39. The monoisotopic (exact) mass is 315 g/mol. The van der Waals surface area contributed by atoms with E-state index in [0.29, 0.717) is 12.1 Å². The number of carboxylic acids is 1. The molecule has 0 aromatic heterocycles. The normalized spacial score (nSPS) is 23.2. The van der Waals surface area contributed by atoms with Gasteiger partial charge in [0.05, 0.1) is 5.56 Å².